The van der Waals surface area contributed by atoms with Gasteiger partial charge in [0.15, 0.2) is 5.78 Å². The molecule has 180 valence electrons. The number of hydrogen-bond donors (Lipinski definition) is 0. The minimum absolute atomic E-state index is 0.325. The Balaban J connectivity index is 1.09. The minimum Gasteiger partial charge on any atom is -0.294 e. The SMILES string of the molecule is C=CC1CC(CCc2ccc3c(c2)CC[C@H](CC(=O)c2ccc(CCC4CCCC4)cc2)C3)C1. The lowest BCUT2D eigenvalue weighted by atomic mass is 9.72. The smallest absolute Gasteiger partial charge is 0.163 e. The van der Waals surface area contributed by atoms with Crippen LogP contribution < -0.4 is 0 Å². The maximum atomic E-state index is 13.0. The first kappa shape index (κ1) is 23.6. The average molecular weight is 455 g/mol. The average Bonchev–Trinajstić information content (AvgIpc) is 3.36. The van der Waals surface area contributed by atoms with Gasteiger partial charge in [0.2, 0.25) is 0 Å². The van der Waals surface area contributed by atoms with Gasteiger partial charge in [-0.05, 0) is 104 Å². The highest BCUT2D eigenvalue weighted by atomic mass is 16.1. The predicted octanol–water partition coefficient (Wildman–Crippen LogP) is 8.33. The van der Waals surface area contributed by atoms with Crippen LogP contribution in [0, 0.1) is 23.7 Å². The monoisotopic (exact) mass is 454 g/mol. The van der Waals surface area contributed by atoms with Gasteiger partial charge in [0.05, 0.1) is 0 Å². The lowest BCUT2D eigenvalue weighted by Crippen LogP contribution is -2.22. The molecule has 0 bridgehead atoms. The Morgan fingerprint density at radius 2 is 1.53 bits per heavy atom. The molecule has 2 saturated carbocycles. The maximum Gasteiger partial charge on any atom is 0.163 e. The molecule has 0 amide bonds. The van der Waals surface area contributed by atoms with Gasteiger partial charge in [-0.3, -0.25) is 4.79 Å². The third kappa shape index (κ3) is 5.91. The quantitative estimate of drug-likeness (QED) is 0.260. The second-order valence-corrected chi connectivity index (χ2v) is 11.6. The van der Waals surface area contributed by atoms with Gasteiger partial charge in [0.1, 0.15) is 0 Å². The lowest BCUT2D eigenvalue weighted by molar-refractivity contribution is 0.0957. The lowest BCUT2D eigenvalue weighted by Gasteiger charge is -2.33. The van der Waals surface area contributed by atoms with Crippen molar-refractivity contribution in [3.63, 3.8) is 0 Å². The fourth-order valence-corrected chi connectivity index (χ4v) is 6.71. The van der Waals surface area contributed by atoms with Crippen molar-refractivity contribution in [3.8, 4) is 0 Å². The molecule has 0 aromatic heterocycles. The second kappa shape index (κ2) is 11.1. The molecular weight excluding hydrogens is 412 g/mol. The maximum absolute atomic E-state index is 13.0. The summed E-state index contributed by atoms with van der Waals surface area (Å²) in [4.78, 5) is 13.0. The van der Waals surface area contributed by atoms with Crippen molar-refractivity contribution in [2.24, 2.45) is 23.7 Å². The molecule has 1 heteroatoms. The third-order valence-electron chi connectivity index (χ3n) is 9.11. The van der Waals surface area contributed by atoms with Crippen LogP contribution in [0.2, 0.25) is 0 Å². The molecule has 0 N–H and O–H groups in total. The Labute approximate surface area is 207 Å². The Bertz CT molecular complexity index is 972. The topological polar surface area (TPSA) is 17.1 Å². The highest BCUT2D eigenvalue weighted by Crippen LogP contribution is 2.38. The largest absolute Gasteiger partial charge is 0.294 e. The van der Waals surface area contributed by atoms with Crippen LogP contribution >= 0.6 is 0 Å². The van der Waals surface area contributed by atoms with E-state index in [2.05, 4.69) is 55.1 Å². The molecule has 2 aromatic rings. The number of aryl methyl sites for hydroxylation is 3. The van der Waals surface area contributed by atoms with E-state index in [4.69, 9.17) is 0 Å². The molecule has 0 unspecified atom stereocenters. The van der Waals surface area contributed by atoms with Crippen molar-refractivity contribution in [1.29, 1.82) is 0 Å². The van der Waals surface area contributed by atoms with Crippen LogP contribution in [0.3, 0.4) is 0 Å². The molecular formula is C33H42O. The van der Waals surface area contributed by atoms with Crippen molar-refractivity contribution >= 4 is 5.78 Å². The number of rotatable bonds is 10. The van der Waals surface area contributed by atoms with E-state index in [0.717, 1.165) is 49.0 Å². The summed E-state index contributed by atoms with van der Waals surface area (Å²) in [7, 11) is 0. The molecule has 0 aliphatic heterocycles. The van der Waals surface area contributed by atoms with Gasteiger partial charge in [0, 0.05) is 12.0 Å². The van der Waals surface area contributed by atoms with Crippen molar-refractivity contribution in [3.05, 3.63) is 82.9 Å². The van der Waals surface area contributed by atoms with E-state index in [1.54, 1.807) is 0 Å². The van der Waals surface area contributed by atoms with Crippen molar-refractivity contribution in [1.82, 2.24) is 0 Å². The molecule has 2 fully saturated rings. The molecule has 5 rings (SSSR count). The minimum atomic E-state index is 0.325. The number of fused-ring (bicyclic) bond motifs is 1. The molecule has 3 aliphatic rings. The summed E-state index contributed by atoms with van der Waals surface area (Å²) in [5, 5.41) is 0. The van der Waals surface area contributed by atoms with Gasteiger partial charge in [-0.25, -0.2) is 0 Å². The highest BCUT2D eigenvalue weighted by molar-refractivity contribution is 5.96. The predicted molar refractivity (Wildman–Crippen MR) is 142 cm³/mol. The summed E-state index contributed by atoms with van der Waals surface area (Å²) in [6.07, 6.45) is 19.5. The summed E-state index contributed by atoms with van der Waals surface area (Å²) in [5.74, 6) is 3.41. The first-order valence-corrected chi connectivity index (χ1v) is 14.0. The van der Waals surface area contributed by atoms with E-state index < -0.39 is 0 Å². The van der Waals surface area contributed by atoms with Gasteiger partial charge in [-0.15, -0.1) is 6.58 Å². The Kier molecular flexibility index (Phi) is 7.67. The van der Waals surface area contributed by atoms with Gasteiger partial charge in [-0.1, -0.05) is 74.2 Å². The van der Waals surface area contributed by atoms with E-state index in [1.165, 1.54) is 80.0 Å². The zero-order valence-electron chi connectivity index (χ0n) is 20.9. The van der Waals surface area contributed by atoms with Crippen molar-refractivity contribution in [2.75, 3.05) is 0 Å². The number of Topliss-reactive ketones (excluding diaryl/α,β-unsaturated/α-hetero) is 1. The molecule has 1 atom stereocenters. The highest BCUT2D eigenvalue weighted by Gasteiger charge is 2.26. The van der Waals surface area contributed by atoms with Crippen molar-refractivity contribution in [2.45, 2.75) is 89.9 Å². The third-order valence-corrected chi connectivity index (χ3v) is 9.11. The van der Waals surface area contributed by atoms with E-state index in [9.17, 15) is 4.79 Å². The van der Waals surface area contributed by atoms with Crippen LogP contribution in [0.25, 0.3) is 0 Å². The molecule has 0 spiro atoms. The fourth-order valence-electron chi connectivity index (χ4n) is 6.71. The van der Waals surface area contributed by atoms with Crippen LogP contribution in [0.5, 0.6) is 0 Å². The number of hydrogen-bond acceptors (Lipinski definition) is 1. The number of carbonyl (C=O) groups excluding carboxylic acids is 1. The number of carbonyl (C=O) groups is 1. The Hall–Kier alpha value is -2.15. The number of benzene rings is 2. The second-order valence-electron chi connectivity index (χ2n) is 11.6. The zero-order chi connectivity index (χ0) is 23.3. The van der Waals surface area contributed by atoms with Gasteiger partial charge >= 0.3 is 0 Å². The van der Waals surface area contributed by atoms with Crippen LogP contribution in [-0.2, 0) is 25.7 Å². The summed E-state index contributed by atoms with van der Waals surface area (Å²) < 4.78 is 0. The standard InChI is InChI=1S/C33H42O/c1-2-24-19-28(20-24)10-9-27-13-17-32-22-29(14-18-31(32)21-27)23-33(34)30-15-11-26(12-16-30)8-7-25-5-3-4-6-25/h2,11-13,15-17,21,24-25,28-29H,1,3-10,14,18-20,22-23H2/t24?,28?,29-/m0/s1. The summed E-state index contributed by atoms with van der Waals surface area (Å²) in [6.45, 7) is 3.93. The van der Waals surface area contributed by atoms with Crippen LogP contribution in [0.15, 0.2) is 55.1 Å². The van der Waals surface area contributed by atoms with Gasteiger partial charge < -0.3 is 0 Å². The molecule has 1 nitrogen and oxygen atoms in total. The molecule has 0 saturated heterocycles. The molecule has 34 heavy (non-hydrogen) atoms. The summed E-state index contributed by atoms with van der Waals surface area (Å²) in [5.41, 5.74) is 6.81. The van der Waals surface area contributed by atoms with E-state index in [-0.39, 0.29) is 0 Å². The van der Waals surface area contributed by atoms with Crippen LogP contribution in [-0.4, -0.2) is 5.78 Å². The van der Waals surface area contributed by atoms with E-state index >= 15 is 0 Å². The van der Waals surface area contributed by atoms with Gasteiger partial charge in [0.25, 0.3) is 0 Å². The first-order valence-electron chi connectivity index (χ1n) is 14.0. The zero-order valence-corrected chi connectivity index (χ0v) is 20.9. The van der Waals surface area contributed by atoms with Gasteiger partial charge in [-0.2, -0.15) is 0 Å². The summed E-state index contributed by atoms with van der Waals surface area (Å²) >= 11 is 0. The molecule has 3 aliphatic carbocycles. The Morgan fingerprint density at radius 3 is 2.29 bits per heavy atom. The number of ketones is 1. The number of allylic oxidation sites excluding steroid dienone is 1. The van der Waals surface area contributed by atoms with E-state index in [0.29, 0.717) is 18.1 Å². The fraction of sp³-hybridized carbons (Fsp3) is 0.545. The van der Waals surface area contributed by atoms with Crippen LogP contribution in [0.4, 0.5) is 0 Å². The van der Waals surface area contributed by atoms with Crippen molar-refractivity contribution < 1.29 is 4.79 Å². The molecule has 0 radical (unpaired) electrons. The normalized spacial score (nSPS) is 24.4. The van der Waals surface area contributed by atoms with Crippen LogP contribution in [0.1, 0.15) is 96.8 Å². The Morgan fingerprint density at radius 1 is 0.824 bits per heavy atom. The molecule has 2 aromatic carbocycles. The first-order chi connectivity index (χ1) is 16.7. The van der Waals surface area contributed by atoms with E-state index in [1.807, 2.05) is 0 Å². The molecule has 0 heterocycles. The summed E-state index contributed by atoms with van der Waals surface area (Å²) in [6, 6.07) is 15.7.